The van der Waals surface area contributed by atoms with Crippen molar-refractivity contribution in [3.05, 3.63) is 0 Å². The van der Waals surface area contributed by atoms with Crippen molar-refractivity contribution in [2.45, 2.75) is 78.1 Å². The average Bonchev–Trinajstić information content (AvgIpc) is 2.35. The summed E-state index contributed by atoms with van der Waals surface area (Å²) in [6.45, 7) is 4.37. The van der Waals surface area contributed by atoms with Crippen LogP contribution in [0.3, 0.4) is 0 Å². The summed E-state index contributed by atoms with van der Waals surface area (Å²) in [7, 11) is 0. The lowest BCUT2D eigenvalue weighted by atomic mass is 10.1. The van der Waals surface area contributed by atoms with Gasteiger partial charge in [0.1, 0.15) is 5.78 Å². The van der Waals surface area contributed by atoms with Crippen LogP contribution >= 0.6 is 0 Å². The van der Waals surface area contributed by atoms with Gasteiger partial charge in [-0.25, -0.2) is 0 Å². The Labute approximate surface area is 112 Å². The Morgan fingerprint density at radius 1 is 0.833 bits per heavy atom. The zero-order valence-electron chi connectivity index (χ0n) is 12.1. The maximum atomic E-state index is 11.0. The molecule has 0 radical (unpaired) electrons. The van der Waals surface area contributed by atoms with Gasteiger partial charge >= 0.3 is 0 Å². The third-order valence-corrected chi connectivity index (χ3v) is 3.10. The number of rotatable bonds is 12. The molecule has 106 valence electrons. The molecule has 3 nitrogen and oxygen atoms in total. The second-order valence-corrected chi connectivity index (χ2v) is 4.98. The fourth-order valence-electron chi connectivity index (χ4n) is 1.91. The fraction of sp³-hybridized carbons (Fsp3) is 0.867. The molecule has 3 heteroatoms. The molecule has 0 rings (SSSR count). The summed E-state index contributed by atoms with van der Waals surface area (Å²) in [5.41, 5.74) is 0. The summed E-state index contributed by atoms with van der Waals surface area (Å²) in [6, 6.07) is 0. The zero-order valence-corrected chi connectivity index (χ0v) is 12.1. The third kappa shape index (κ3) is 13.2. The van der Waals surface area contributed by atoms with Gasteiger partial charge in [-0.1, -0.05) is 45.4 Å². The molecule has 0 bridgehead atoms. The number of unbranched alkanes of at least 4 members (excludes halogenated alkanes) is 7. The summed E-state index contributed by atoms with van der Waals surface area (Å²) in [4.78, 5) is 21.7. The molecule has 0 unspecified atom stereocenters. The van der Waals surface area contributed by atoms with Crippen LogP contribution in [0.5, 0.6) is 0 Å². The summed E-state index contributed by atoms with van der Waals surface area (Å²) in [6.07, 6.45) is 10.9. The van der Waals surface area contributed by atoms with Gasteiger partial charge in [0.2, 0.25) is 5.91 Å². The molecule has 1 amide bonds. The highest BCUT2D eigenvalue weighted by molar-refractivity contribution is 5.75. The quantitative estimate of drug-likeness (QED) is 0.541. The standard InChI is InChI=1S/C15H29NO2/c1-3-15(18)16-13-11-9-7-5-4-6-8-10-12-14(2)17/h3-13H2,1-2H3,(H,16,18). The van der Waals surface area contributed by atoms with E-state index in [1.54, 1.807) is 6.92 Å². The van der Waals surface area contributed by atoms with Gasteiger partial charge in [-0.3, -0.25) is 4.79 Å². The molecule has 0 atom stereocenters. The van der Waals surface area contributed by atoms with Gasteiger partial charge in [-0.15, -0.1) is 0 Å². The SMILES string of the molecule is CCC(=O)NCCCCCCCCCCC(C)=O. The van der Waals surface area contributed by atoms with E-state index in [0.717, 1.165) is 25.8 Å². The first-order chi connectivity index (χ1) is 8.66. The maximum Gasteiger partial charge on any atom is 0.219 e. The van der Waals surface area contributed by atoms with E-state index in [4.69, 9.17) is 0 Å². The molecular weight excluding hydrogens is 226 g/mol. The largest absolute Gasteiger partial charge is 0.356 e. The van der Waals surface area contributed by atoms with Crippen molar-refractivity contribution >= 4 is 11.7 Å². The first kappa shape index (κ1) is 17.1. The molecule has 0 fully saturated rings. The highest BCUT2D eigenvalue weighted by Gasteiger charge is 1.96. The molecule has 0 aliphatic heterocycles. The van der Waals surface area contributed by atoms with Crippen molar-refractivity contribution in [1.29, 1.82) is 0 Å². The molecule has 0 aromatic carbocycles. The van der Waals surface area contributed by atoms with E-state index in [-0.39, 0.29) is 5.91 Å². The molecule has 0 aromatic heterocycles. The Morgan fingerprint density at radius 2 is 1.33 bits per heavy atom. The van der Waals surface area contributed by atoms with Crippen molar-refractivity contribution in [3.63, 3.8) is 0 Å². The first-order valence-electron chi connectivity index (χ1n) is 7.43. The minimum absolute atomic E-state index is 0.153. The Balaban J connectivity index is 3.03. The number of amides is 1. The number of hydrogen-bond acceptors (Lipinski definition) is 2. The monoisotopic (exact) mass is 255 g/mol. The minimum atomic E-state index is 0.153. The second-order valence-electron chi connectivity index (χ2n) is 4.98. The van der Waals surface area contributed by atoms with E-state index in [1.807, 2.05) is 6.92 Å². The fourth-order valence-corrected chi connectivity index (χ4v) is 1.91. The summed E-state index contributed by atoms with van der Waals surface area (Å²) in [5, 5.41) is 2.89. The van der Waals surface area contributed by atoms with Gasteiger partial charge < -0.3 is 10.1 Å². The van der Waals surface area contributed by atoms with Crippen molar-refractivity contribution < 1.29 is 9.59 Å². The van der Waals surface area contributed by atoms with Gasteiger partial charge in [0.25, 0.3) is 0 Å². The van der Waals surface area contributed by atoms with Gasteiger partial charge in [0.05, 0.1) is 0 Å². The van der Waals surface area contributed by atoms with Gasteiger partial charge in [-0.05, 0) is 19.8 Å². The number of Topliss-reactive ketones (excluding diaryl/α,β-unsaturated/α-hetero) is 1. The Bertz CT molecular complexity index is 227. The van der Waals surface area contributed by atoms with Gasteiger partial charge in [-0.2, -0.15) is 0 Å². The summed E-state index contributed by atoms with van der Waals surface area (Å²) < 4.78 is 0. The van der Waals surface area contributed by atoms with Crippen molar-refractivity contribution in [3.8, 4) is 0 Å². The summed E-state index contributed by atoms with van der Waals surface area (Å²) >= 11 is 0. The van der Waals surface area contributed by atoms with E-state index in [0.29, 0.717) is 12.2 Å². The van der Waals surface area contributed by atoms with Crippen LogP contribution in [0.15, 0.2) is 0 Å². The third-order valence-electron chi connectivity index (χ3n) is 3.10. The van der Waals surface area contributed by atoms with Crippen molar-refractivity contribution in [2.75, 3.05) is 6.54 Å². The van der Waals surface area contributed by atoms with Crippen molar-refractivity contribution in [1.82, 2.24) is 5.32 Å². The Morgan fingerprint density at radius 3 is 1.83 bits per heavy atom. The normalized spacial score (nSPS) is 10.3. The van der Waals surface area contributed by atoms with E-state index in [1.165, 1.54) is 38.5 Å². The van der Waals surface area contributed by atoms with Crippen LogP contribution in [-0.2, 0) is 9.59 Å². The number of hydrogen-bond donors (Lipinski definition) is 1. The van der Waals surface area contributed by atoms with Crippen LogP contribution < -0.4 is 5.32 Å². The van der Waals surface area contributed by atoms with E-state index in [2.05, 4.69) is 5.32 Å². The number of nitrogens with one attached hydrogen (secondary N) is 1. The summed E-state index contributed by atoms with van der Waals surface area (Å²) in [5.74, 6) is 0.463. The zero-order chi connectivity index (χ0) is 13.6. The molecule has 0 aliphatic rings. The van der Waals surface area contributed by atoms with Crippen molar-refractivity contribution in [2.24, 2.45) is 0 Å². The van der Waals surface area contributed by atoms with E-state index in [9.17, 15) is 9.59 Å². The smallest absolute Gasteiger partial charge is 0.219 e. The number of carbonyl (C=O) groups is 2. The van der Waals surface area contributed by atoms with E-state index >= 15 is 0 Å². The predicted octanol–water partition coefficient (Wildman–Crippen LogP) is 3.61. The molecule has 18 heavy (non-hydrogen) atoms. The predicted molar refractivity (Wildman–Crippen MR) is 75.5 cm³/mol. The number of ketones is 1. The lowest BCUT2D eigenvalue weighted by Gasteiger charge is -2.03. The first-order valence-corrected chi connectivity index (χ1v) is 7.43. The van der Waals surface area contributed by atoms with Crippen LogP contribution in [-0.4, -0.2) is 18.2 Å². The van der Waals surface area contributed by atoms with Gasteiger partial charge in [0.15, 0.2) is 0 Å². The van der Waals surface area contributed by atoms with Crippen LogP contribution in [0.2, 0.25) is 0 Å². The Hall–Kier alpha value is -0.860. The van der Waals surface area contributed by atoms with Crippen LogP contribution in [0, 0.1) is 0 Å². The topological polar surface area (TPSA) is 46.2 Å². The molecule has 0 aliphatic carbocycles. The average molecular weight is 255 g/mol. The molecule has 1 N–H and O–H groups in total. The lowest BCUT2D eigenvalue weighted by Crippen LogP contribution is -2.23. The molecular formula is C15H29NO2. The van der Waals surface area contributed by atoms with Crippen LogP contribution in [0.4, 0.5) is 0 Å². The molecule has 0 aromatic rings. The van der Waals surface area contributed by atoms with Crippen LogP contribution in [0.25, 0.3) is 0 Å². The van der Waals surface area contributed by atoms with Crippen LogP contribution in [0.1, 0.15) is 78.1 Å². The molecule has 0 saturated heterocycles. The lowest BCUT2D eigenvalue weighted by molar-refractivity contribution is -0.120. The molecule has 0 spiro atoms. The molecule has 0 heterocycles. The highest BCUT2D eigenvalue weighted by atomic mass is 16.1. The molecule has 0 saturated carbocycles. The number of carbonyl (C=O) groups excluding carboxylic acids is 2. The maximum absolute atomic E-state index is 11.0. The highest BCUT2D eigenvalue weighted by Crippen LogP contribution is 2.09. The Kier molecular flexibility index (Phi) is 12.0. The van der Waals surface area contributed by atoms with Gasteiger partial charge in [0, 0.05) is 19.4 Å². The van der Waals surface area contributed by atoms with E-state index < -0.39 is 0 Å². The second kappa shape index (κ2) is 12.6. The minimum Gasteiger partial charge on any atom is -0.356 e.